The van der Waals surface area contributed by atoms with Crippen LogP contribution in [0.1, 0.15) is 17.3 Å². The van der Waals surface area contributed by atoms with Gasteiger partial charge in [-0.2, -0.15) is 4.68 Å². The number of aryl methyl sites for hydroxylation is 1. The van der Waals surface area contributed by atoms with E-state index in [0.29, 0.717) is 21.8 Å². The largest absolute Gasteiger partial charge is 0.481 e. The molecule has 0 amide bonds. The Morgan fingerprint density at radius 1 is 1.27 bits per heavy atom. The summed E-state index contributed by atoms with van der Waals surface area (Å²) >= 11 is 5.92. The van der Waals surface area contributed by atoms with Crippen molar-refractivity contribution in [2.24, 2.45) is 0 Å². The van der Waals surface area contributed by atoms with Gasteiger partial charge in [-0.05, 0) is 49.7 Å². The third kappa shape index (κ3) is 2.67. The van der Waals surface area contributed by atoms with Crippen LogP contribution in [0.2, 0.25) is 5.02 Å². The fourth-order valence-electron chi connectivity index (χ4n) is 2.19. The van der Waals surface area contributed by atoms with Crippen molar-refractivity contribution >= 4 is 28.5 Å². The smallest absolute Gasteiger partial charge is 0.289 e. The average molecular weight is 316 g/mol. The van der Waals surface area contributed by atoms with E-state index in [4.69, 9.17) is 16.3 Å². The highest BCUT2D eigenvalue weighted by molar-refractivity contribution is 6.30. The lowest BCUT2D eigenvalue weighted by molar-refractivity contribution is 0.0713. The molecule has 112 valence electrons. The van der Waals surface area contributed by atoms with Gasteiger partial charge in [0.1, 0.15) is 11.3 Å². The van der Waals surface area contributed by atoms with Crippen LogP contribution in [0.25, 0.3) is 11.0 Å². The molecule has 2 aromatic carbocycles. The van der Waals surface area contributed by atoms with E-state index in [9.17, 15) is 4.79 Å². The lowest BCUT2D eigenvalue weighted by Gasteiger charge is -2.15. The number of carbonyl (C=O) groups is 1. The maximum absolute atomic E-state index is 12.5. The van der Waals surface area contributed by atoms with Crippen LogP contribution < -0.4 is 4.74 Å². The zero-order valence-electron chi connectivity index (χ0n) is 12.2. The molecular weight excluding hydrogens is 302 g/mol. The van der Waals surface area contributed by atoms with Gasteiger partial charge in [-0.25, -0.2) is 0 Å². The van der Waals surface area contributed by atoms with E-state index < -0.39 is 6.10 Å². The van der Waals surface area contributed by atoms with Gasteiger partial charge in [0.2, 0.25) is 0 Å². The van der Waals surface area contributed by atoms with Crippen molar-refractivity contribution < 1.29 is 9.53 Å². The van der Waals surface area contributed by atoms with Gasteiger partial charge in [0.05, 0.1) is 5.52 Å². The summed E-state index contributed by atoms with van der Waals surface area (Å²) in [4.78, 5) is 12.5. The number of rotatable bonds is 3. The predicted octanol–water partition coefficient (Wildman–Crippen LogP) is 3.50. The first-order chi connectivity index (χ1) is 10.6. The number of fused-ring (bicyclic) bond motifs is 1. The van der Waals surface area contributed by atoms with Gasteiger partial charge >= 0.3 is 0 Å². The summed E-state index contributed by atoms with van der Waals surface area (Å²) in [5.41, 5.74) is 2.21. The molecular formula is C16H14ClN3O2. The van der Waals surface area contributed by atoms with Crippen LogP contribution in [-0.2, 0) is 0 Å². The minimum absolute atomic E-state index is 0.275. The molecule has 1 unspecified atom stereocenters. The maximum Gasteiger partial charge on any atom is 0.289 e. The van der Waals surface area contributed by atoms with E-state index in [0.717, 1.165) is 5.56 Å². The number of benzene rings is 2. The topological polar surface area (TPSA) is 57.0 Å². The van der Waals surface area contributed by atoms with Crippen LogP contribution in [0.4, 0.5) is 0 Å². The van der Waals surface area contributed by atoms with Crippen LogP contribution in [0.5, 0.6) is 5.75 Å². The highest BCUT2D eigenvalue weighted by Gasteiger charge is 2.21. The molecule has 0 aliphatic carbocycles. The molecule has 1 heterocycles. The minimum atomic E-state index is -0.690. The molecule has 1 aromatic heterocycles. The van der Waals surface area contributed by atoms with Crippen LogP contribution >= 0.6 is 11.6 Å². The summed E-state index contributed by atoms with van der Waals surface area (Å²) < 4.78 is 7.01. The number of ether oxygens (including phenoxy) is 1. The Hall–Kier alpha value is -2.40. The molecule has 0 N–H and O–H groups in total. The van der Waals surface area contributed by atoms with E-state index in [2.05, 4.69) is 10.3 Å². The van der Waals surface area contributed by atoms with E-state index in [-0.39, 0.29) is 5.91 Å². The highest BCUT2D eigenvalue weighted by atomic mass is 35.5. The fraction of sp³-hybridized carbons (Fsp3) is 0.188. The van der Waals surface area contributed by atoms with Gasteiger partial charge < -0.3 is 4.74 Å². The van der Waals surface area contributed by atoms with Gasteiger partial charge in [-0.15, -0.1) is 5.10 Å². The van der Waals surface area contributed by atoms with E-state index >= 15 is 0 Å². The third-order valence-corrected chi connectivity index (χ3v) is 3.58. The Morgan fingerprint density at radius 2 is 2.05 bits per heavy atom. The van der Waals surface area contributed by atoms with Crippen molar-refractivity contribution in [1.29, 1.82) is 0 Å². The quantitative estimate of drug-likeness (QED) is 0.742. The summed E-state index contributed by atoms with van der Waals surface area (Å²) in [7, 11) is 0. The van der Waals surface area contributed by atoms with Crippen LogP contribution in [-0.4, -0.2) is 27.0 Å². The van der Waals surface area contributed by atoms with Crippen molar-refractivity contribution in [3.05, 3.63) is 53.1 Å². The molecule has 1 atom stereocenters. The Morgan fingerprint density at radius 3 is 2.82 bits per heavy atom. The number of aromatic nitrogens is 3. The summed E-state index contributed by atoms with van der Waals surface area (Å²) in [6.07, 6.45) is -0.690. The van der Waals surface area contributed by atoms with Gasteiger partial charge in [-0.3, -0.25) is 4.79 Å². The van der Waals surface area contributed by atoms with Crippen molar-refractivity contribution in [3.8, 4) is 5.75 Å². The molecule has 22 heavy (non-hydrogen) atoms. The number of carbonyl (C=O) groups excluding carboxylic acids is 1. The molecule has 0 saturated heterocycles. The van der Waals surface area contributed by atoms with Gasteiger partial charge in [0.15, 0.2) is 6.10 Å². The monoisotopic (exact) mass is 315 g/mol. The van der Waals surface area contributed by atoms with Crippen LogP contribution in [0.15, 0.2) is 42.5 Å². The lowest BCUT2D eigenvalue weighted by atomic mass is 10.2. The third-order valence-electron chi connectivity index (χ3n) is 3.35. The first kappa shape index (κ1) is 14.5. The standard InChI is InChI=1S/C16H14ClN3O2/c1-10-9-12(17)7-8-15(10)22-11(2)16(21)20-14-6-4-3-5-13(14)18-19-20/h3-9,11H,1-2H3. The van der Waals surface area contributed by atoms with Gasteiger partial charge in [0, 0.05) is 5.02 Å². The number of para-hydroxylation sites is 1. The van der Waals surface area contributed by atoms with Crippen molar-refractivity contribution in [1.82, 2.24) is 15.0 Å². The van der Waals surface area contributed by atoms with Crippen LogP contribution in [0.3, 0.4) is 0 Å². The van der Waals surface area contributed by atoms with E-state index in [1.165, 1.54) is 4.68 Å². The molecule has 0 spiro atoms. The van der Waals surface area contributed by atoms with Crippen molar-refractivity contribution in [2.45, 2.75) is 20.0 Å². The van der Waals surface area contributed by atoms with E-state index in [1.807, 2.05) is 19.1 Å². The van der Waals surface area contributed by atoms with Crippen LogP contribution in [0, 0.1) is 6.92 Å². The maximum atomic E-state index is 12.5. The Kier molecular flexibility index (Phi) is 3.81. The predicted molar refractivity (Wildman–Crippen MR) is 84.4 cm³/mol. The van der Waals surface area contributed by atoms with E-state index in [1.54, 1.807) is 37.3 Å². The van der Waals surface area contributed by atoms with Crippen molar-refractivity contribution in [2.75, 3.05) is 0 Å². The molecule has 5 nitrogen and oxygen atoms in total. The zero-order chi connectivity index (χ0) is 15.7. The first-order valence-corrected chi connectivity index (χ1v) is 7.21. The molecule has 0 aliphatic rings. The van der Waals surface area contributed by atoms with Gasteiger partial charge in [-0.1, -0.05) is 28.9 Å². The number of nitrogens with zero attached hydrogens (tertiary/aromatic N) is 3. The average Bonchev–Trinajstić information content (AvgIpc) is 2.93. The first-order valence-electron chi connectivity index (χ1n) is 6.84. The molecule has 0 radical (unpaired) electrons. The summed E-state index contributed by atoms with van der Waals surface area (Å²) in [6.45, 7) is 3.57. The number of hydrogen-bond donors (Lipinski definition) is 0. The Bertz CT molecular complexity index is 844. The van der Waals surface area contributed by atoms with Gasteiger partial charge in [0.25, 0.3) is 5.91 Å². The SMILES string of the molecule is Cc1cc(Cl)ccc1OC(C)C(=O)n1nnc2ccccc21. The molecule has 3 aromatic rings. The minimum Gasteiger partial charge on any atom is -0.481 e. The molecule has 0 bridgehead atoms. The zero-order valence-corrected chi connectivity index (χ0v) is 12.9. The van der Waals surface area contributed by atoms with Crippen molar-refractivity contribution in [3.63, 3.8) is 0 Å². The summed E-state index contributed by atoms with van der Waals surface area (Å²) in [5.74, 6) is 0.345. The number of hydrogen-bond acceptors (Lipinski definition) is 4. The molecule has 0 aliphatic heterocycles. The molecule has 0 saturated carbocycles. The normalized spacial score (nSPS) is 12.3. The second-order valence-corrected chi connectivity index (χ2v) is 5.43. The number of halogens is 1. The Balaban J connectivity index is 1.85. The summed E-state index contributed by atoms with van der Waals surface area (Å²) in [6, 6.07) is 12.6. The highest BCUT2D eigenvalue weighted by Crippen LogP contribution is 2.23. The fourth-order valence-corrected chi connectivity index (χ4v) is 2.42. The molecule has 6 heteroatoms. The molecule has 3 rings (SSSR count). The second kappa shape index (κ2) is 5.77. The second-order valence-electron chi connectivity index (χ2n) is 5.00. The summed E-state index contributed by atoms with van der Waals surface area (Å²) in [5, 5.41) is 8.52. The Labute approximate surface area is 132 Å². The lowest BCUT2D eigenvalue weighted by Crippen LogP contribution is -2.30. The molecule has 0 fully saturated rings.